The zero-order chi connectivity index (χ0) is 14.8. The van der Waals surface area contributed by atoms with E-state index in [0.717, 1.165) is 35.8 Å². The molecule has 0 bridgehead atoms. The number of likely N-dealkylation sites (N-methyl/N-ethyl adjacent to an activating group) is 1. The van der Waals surface area contributed by atoms with E-state index in [9.17, 15) is 21.2 Å². The van der Waals surface area contributed by atoms with Crippen LogP contribution in [0.2, 0.25) is 0 Å². The Labute approximate surface area is 111 Å². The zero-order valence-electron chi connectivity index (χ0n) is 10.4. The first-order valence-corrected chi connectivity index (χ1v) is 8.50. The van der Waals surface area contributed by atoms with Crippen molar-refractivity contribution in [1.29, 1.82) is 0 Å². The van der Waals surface area contributed by atoms with E-state index in [4.69, 9.17) is 5.11 Å². The molecule has 0 aromatic heterocycles. The summed E-state index contributed by atoms with van der Waals surface area (Å²) in [6.07, 6.45) is 0.897. The van der Waals surface area contributed by atoms with Gasteiger partial charge in [0.1, 0.15) is 10.7 Å². The maximum atomic E-state index is 13.6. The molecule has 0 aliphatic rings. The highest BCUT2D eigenvalue weighted by atomic mass is 32.2. The monoisotopic (exact) mass is 311 g/mol. The highest BCUT2D eigenvalue weighted by Gasteiger charge is 2.25. The van der Waals surface area contributed by atoms with E-state index >= 15 is 0 Å². The number of aliphatic hydroxyl groups is 1. The molecule has 9 heteroatoms. The number of hydrogen-bond acceptors (Lipinski definition) is 5. The Morgan fingerprint density at radius 2 is 1.84 bits per heavy atom. The van der Waals surface area contributed by atoms with Gasteiger partial charge in [-0.15, -0.1) is 0 Å². The first-order chi connectivity index (χ1) is 8.60. The van der Waals surface area contributed by atoms with Gasteiger partial charge in [0.05, 0.1) is 11.5 Å². The normalized spacial score (nSPS) is 12.9. The minimum atomic E-state index is -4.18. The van der Waals surface area contributed by atoms with E-state index in [-0.39, 0.29) is 11.4 Å². The first-order valence-electron chi connectivity index (χ1n) is 5.17. The lowest BCUT2D eigenvalue weighted by atomic mass is 10.3. The van der Waals surface area contributed by atoms with Crippen molar-refractivity contribution in [1.82, 2.24) is 4.31 Å². The van der Waals surface area contributed by atoms with Gasteiger partial charge >= 0.3 is 0 Å². The Morgan fingerprint density at radius 1 is 1.26 bits per heavy atom. The molecule has 6 nitrogen and oxygen atoms in total. The molecule has 0 saturated heterocycles. The second-order valence-corrected chi connectivity index (χ2v) is 7.94. The van der Waals surface area contributed by atoms with Crippen molar-refractivity contribution in [3.8, 4) is 0 Å². The average molecular weight is 311 g/mol. The summed E-state index contributed by atoms with van der Waals surface area (Å²) in [4.78, 5) is -1.02. The van der Waals surface area contributed by atoms with Gasteiger partial charge in [-0.2, -0.15) is 4.31 Å². The van der Waals surface area contributed by atoms with Gasteiger partial charge in [-0.3, -0.25) is 0 Å². The molecule has 0 radical (unpaired) electrons. The van der Waals surface area contributed by atoms with Gasteiger partial charge < -0.3 is 5.11 Å². The zero-order valence-corrected chi connectivity index (χ0v) is 12.0. The average Bonchev–Trinajstić information content (AvgIpc) is 2.28. The molecular formula is C10H14FNO5S2. The Hall–Kier alpha value is -1.03. The quantitative estimate of drug-likeness (QED) is 0.763. The third-order valence-electron chi connectivity index (χ3n) is 2.43. The highest BCUT2D eigenvalue weighted by molar-refractivity contribution is 7.91. The number of sulfonamides is 1. The smallest absolute Gasteiger partial charge is 0.245 e. The fraction of sp³-hybridized carbons (Fsp3) is 0.400. The number of halogens is 1. The number of hydrogen-bond donors (Lipinski definition) is 1. The lowest BCUT2D eigenvalue weighted by Gasteiger charge is -2.16. The SMILES string of the molecule is CN(CCO)S(=O)(=O)c1cc(S(C)(=O)=O)ccc1F. The van der Waals surface area contributed by atoms with Crippen LogP contribution in [0.25, 0.3) is 0 Å². The van der Waals surface area contributed by atoms with Gasteiger partial charge in [0, 0.05) is 19.8 Å². The highest BCUT2D eigenvalue weighted by Crippen LogP contribution is 2.22. The van der Waals surface area contributed by atoms with Crippen LogP contribution in [-0.2, 0) is 19.9 Å². The minimum absolute atomic E-state index is 0.217. The third kappa shape index (κ3) is 3.50. The first kappa shape index (κ1) is 16.0. The van der Waals surface area contributed by atoms with E-state index in [1.165, 1.54) is 0 Å². The molecule has 0 spiro atoms. The summed E-state index contributed by atoms with van der Waals surface area (Å²) < 4.78 is 61.0. The molecule has 0 saturated carbocycles. The summed E-state index contributed by atoms with van der Waals surface area (Å²) >= 11 is 0. The van der Waals surface area contributed by atoms with E-state index in [1.54, 1.807) is 0 Å². The van der Waals surface area contributed by atoms with Gasteiger partial charge in [0.2, 0.25) is 10.0 Å². The fourth-order valence-electron chi connectivity index (χ4n) is 1.34. The van der Waals surface area contributed by atoms with Gasteiger partial charge in [0.15, 0.2) is 9.84 Å². The van der Waals surface area contributed by atoms with Crippen LogP contribution in [0.4, 0.5) is 4.39 Å². The van der Waals surface area contributed by atoms with Crippen LogP contribution in [0.5, 0.6) is 0 Å². The summed E-state index contributed by atoms with van der Waals surface area (Å²) in [6, 6.07) is 2.56. The second kappa shape index (κ2) is 5.53. The molecule has 0 heterocycles. The predicted octanol–water partition coefficient (Wildman–Crippen LogP) is -0.158. The molecular weight excluding hydrogens is 297 g/mol. The van der Waals surface area contributed by atoms with Crippen molar-refractivity contribution in [2.75, 3.05) is 26.5 Å². The van der Waals surface area contributed by atoms with Crippen molar-refractivity contribution in [3.05, 3.63) is 24.0 Å². The molecule has 0 fully saturated rings. The Bertz CT molecular complexity index is 669. The molecule has 1 N–H and O–H groups in total. The van der Waals surface area contributed by atoms with Crippen LogP contribution in [0.3, 0.4) is 0 Å². The molecule has 1 aromatic carbocycles. The fourth-order valence-corrected chi connectivity index (χ4v) is 3.31. The van der Waals surface area contributed by atoms with Crippen LogP contribution in [0.1, 0.15) is 0 Å². The van der Waals surface area contributed by atoms with Crippen molar-refractivity contribution in [2.24, 2.45) is 0 Å². The standard InChI is InChI=1S/C10H14FNO5S2/c1-12(5-6-13)19(16,17)10-7-8(18(2,14)15)3-4-9(10)11/h3-4,7,13H,5-6H2,1-2H3. The molecule has 0 aliphatic carbocycles. The van der Waals surface area contributed by atoms with Crippen molar-refractivity contribution in [3.63, 3.8) is 0 Å². The maximum absolute atomic E-state index is 13.6. The van der Waals surface area contributed by atoms with E-state index < -0.39 is 37.2 Å². The van der Waals surface area contributed by atoms with Gasteiger partial charge in [-0.25, -0.2) is 21.2 Å². The molecule has 0 atom stereocenters. The van der Waals surface area contributed by atoms with Crippen molar-refractivity contribution < 1.29 is 26.3 Å². The third-order valence-corrected chi connectivity index (χ3v) is 5.42. The Balaban J connectivity index is 3.43. The summed E-state index contributed by atoms with van der Waals surface area (Å²) in [7, 11) is -6.66. The van der Waals surface area contributed by atoms with E-state index in [2.05, 4.69) is 0 Å². The van der Waals surface area contributed by atoms with Gasteiger partial charge in [-0.1, -0.05) is 0 Å². The van der Waals surface area contributed by atoms with Crippen LogP contribution in [0, 0.1) is 5.82 Å². The minimum Gasteiger partial charge on any atom is -0.395 e. The van der Waals surface area contributed by atoms with Gasteiger partial charge in [0.25, 0.3) is 0 Å². The lowest BCUT2D eigenvalue weighted by Crippen LogP contribution is -2.30. The van der Waals surface area contributed by atoms with Crippen LogP contribution < -0.4 is 0 Å². The predicted molar refractivity (Wildman–Crippen MR) is 66.4 cm³/mol. The number of aliphatic hydroxyl groups excluding tert-OH is 1. The Kier molecular flexibility index (Phi) is 4.67. The number of sulfone groups is 1. The molecule has 1 aromatic rings. The Morgan fingerprint density at radius 3 is 2.32 bits per heavy atom. The molecule has 1 rings (SSSR count). The van der Waals surface area contributed by atoms with Crippen molar-refractivity contribution >= 4 is 19.9 Å². The topological polar surface area (TPSA) is 91.8 Å². The molecule has 0 unspecified atom stereocenters. The number of nitrogens with zero attached hydrogens (tertiary/aromatic N) is 1. The summed E-state index contributed by atoms with van der Waals surface area (Å²) in [5, 5.41) is 8.70. The lowest BCUT2D eigenvalue weighted by molar-refractivity contribution is 0.266. The number of rotatable bonds is 5. The maximum Gasteiger partial charge on any atom is 0.245 e. The van der Waals surface area contributed by atoms with Crippen LogP contribution >= 0.6 is 0 Å². The molecule has 0 aliphatic heterocycles. The molecule has 19 heavy (non-hydrogen) atoms. The van der Waals surface area contributed by atoms with E-state index in [0.29, 0.717) is 0 Å². The molecule has 0 amide bonds. The van der Waals surface area contributed by atoms with Crippen LogP contribution in [0.15, 0.2) is 28.0 Å². The summed E-state index contributed by atoms with van der Waals surface area (Å²) in [5.41, 5.74) is 0. The van der Waals surface area contributed by atoms with Crippen LogP contribution in [-0.4, -0.2) is 52.7 Å². The largest absolute Gasteiger partial charge is 0.395 e. The number of benzene rings is 1. The molecule has 108 valence electrons. The summed E-state index contributed by atoms with van der Waals surface area (Å²) in [5.74, 6) is -1.04. The second-order valence-electron chi connectivity index (χ2n) is 3.91. The van der Waals surface area contributed by atoms with Crippen molar-refractivity contribution in [2.45, 2.75) is 9.79 Å². The van der Waals surface area contributed by atoms with E-state index in [1.807, 2.05) is 0 Å². The summed E-state index contributed by atoms with van der Waals surface area (Å²) in [6.45, 7) is -0.645. The van der Waals surface area contributed by atoms with Gasteiger partial charge in [-0.05, 0) is 18.2 Å².